The van der Waals surface area contributed by atoms with Crippen LogP contribution < -0.4 is 10.5 Å². The highest BCUT2D eigenvalue weighted by molar-refractivity contribution is 5.30. The Morgan fingerprint density at radius 2 is 2.07 bits per heavy atom. The van der Waals surface area contributed by atoms with Crippen LogP contribution in [-0.4, -0.2) is 18.3 Å². The van der Waals surface area contributed by atoms with Gasteiger partial charge in [-0.25, -0.2) is 0 Å². The predicted octanol–water partition coefficient (Wildman–Crippen LogP) is 1.44. The van der Waals surface area contributed by atoms with Crippen LogP contribution in [0.3, 0.4) is 0 Å². The molecule has 3 nitrogen and oxygen atoms in total. The second-order valence-corrected chi connectivity index (χ2v) is 2.77. The molecule has 0 spiro atoms. The lowest BCUT2D eigenvalue weighted by molar-refractivity contribution is 0.349. The van der Waals surface area contributed by atoms with Crippen molar-refractivity contribution < 1.29 is 9.84 Å². The summed E-state index contributed by atoms with van der Waals surface area (Å²) in [6.45, 7) is 4.27. The molecule has 1 aromatic rings. The number of phenols is 1. The van der Waals surface area contributed by atoms with Gasteiger partial charge >= 0.3 is 0 Å². The molecule has 14 heavy (non-hydrogen) atoms. The molecule has 0 aromatic heterocycles. The minimum atomic E-state index is 0.218. The summed E-state index contributed by atoms with van der Waals surface area (Å²) < 4.78 is 5.37. The third kappa shape index (κ3) is 2.98. The molecule has 1 aromatic carbocycles. The van der Waals surface area contributed by atoms with Gasteiger partial charge in [-0.15, -0.1) is 5.73 Å². The van der Waals surface area contributed by atoms with E-state index in [0.717, 1.165) is 5.57 Å². The second kappa shape index (κ2) is 5.12. The Bertz CT molecular complexity index is 337. The minimum Gasteiger partial charge on any atom is -0.508 e. The summed E-state index contributed by atoms with van der Waals surface area (Å²) in [5.74, 6) is 0.902. The van der Waals surface area contributed by atoms with Crippen molar-refractivity contribution in [2.24, 2.45) is 5.73 Å². The Labute approximate surface area is 83.1 Å². The number of hydrogen-bond acceptors (Lipinski definition) is 3. The average molecular weight is 191 g/mol. The van der Waals surface area contributed by atoms with E-state index in [1.165, 1.54) is 0 Å². The summed E-state index contributed by atoms with van der Waals surface area (Å²) in [7, 11) is 0. The SMILES string of the molecule is C=C=C(CN)COc1ccc(O)cc1. The first-order valence-corrected chi connectivity index (χ1v) is 4.26. The maximum Gasteiger partial charge on any atom is 0.120 e. The van der Waals surface area contributed by atoms with Crippen molar-refractivity contribution in [3.8, 4) is 11.5 Å². The van der Waals surface area contributed by atoms with Crippen molar-refractivity contribution in [2.45, 2.75) is 0 Å². The topological polar surface area (TPSA) is 55.5 Å². The number of ether oxygens (including phenoxy) is 1. The van der Waals surface area contributed by atoms with Gasteiger partial charge in [0.15, 0.2) is 0 Å². The van der Waals surface area contributed by atoms with Crippen LogP contribution >= 0.6 is 0 Å². The zero-order valence-corrected chi connectivity index (χ0v) is 7.86. The Balaban J connectivity index is 2.53. The van der Waals surface area contributed by atoms with Gasteiger partial charge in [-0.05, 0) is 24.3 Å². The highest BCUT2D eigenvalue weighted by Crippen LogP contribution is 2.16. The van der Waals surface area contributed by atoms with E-state index >= 15 is 0 Å². The van der Waals surface area contributed by atoms with Gasteiger partial charge < -0.3 is 15.6 Å². The molecule has 0 unspecified atom stereocenters. The van der Waals surface area contributed by atoms with E-state index in [-0.39, 0.29) is 5.75 Å². The number of rotatable bonds is 4. The van der Waals surface area contributed by atoms with Gasteiger partial charge in [0, 0.05) is 12.1 Å². The molecule has 3 N–H and O–H groups in total. The van der Waals surface area contributed by atoms with Crippen molar-refractivity contribution in [3.05, 3.63) is 42.1 Å². The van der Waals surface area contributed by atoms with E-state index in [2.05, 4.69) is 12.3 Å². The molecule has 0 aliphatic rings. The van der Waals surface area contributed by atoms with Crippen molar-refractivity contribution in [1.82, 2.24) is 0 Å². The Morgan fingerprint density at radius 3 is 2.57 bits per heavy atom. The standard InChI is InChI=1S/C11H13NO2/c1-2-9(7-12)8-14-11-5-3-10(13)4-6-11/h3-6,13H,1,7-8,12H2. The van der Waals surface area contributed by atoms with Gasteiger partial charge in [-0.3, -0.25) is 0 Å². The third-order valence-electron chi connectivity index (χ3n) is 1.75. The van der Waals surface area contributed by atoms with Crippen LogP contribution in [0.1, 0.15) is 0 Å². The molecule has 0 radical (unpaired) electrons. The van der Waals surface area contributed by atoms with E-state index in [9.17, 15) is 0 Å². The molecule has 0 fully saturated rings. The van der Waals surface area contributed by atoms with Crippen LogP contribution in [0.2, 0.25) is 0 Å². The van der Waals surface area contributed by atoms with E-state index in [0.29, 0.717) is 18.9 Å². The van der Waals surface area contributed by atoms with Crippen molar-refractivity contribution >= 4 is 0 Å². The molecule has 74 valence electrons. The smallest absolute Gasteiger partial charge is 0.120 e. The average Bonchev–Trinajstić information content (AvgIpc) is 2.22. The molecular weight excluding hydrogens is 178 g/mol. The molecule has 0 atom stereocenters. The number of phenolic OH excluding ortho intramolecular Hbond substituents is 1. The van der Waals surface area contributed by atoms with Crippen LogP contribution in [0, 0.1) is 0 Å². The third-order valence-corrected chi connectivity index (χ3v) is 1.75. The van der Waals surface area contributed by atoms with Gasteiger partial charge in [0.05, 0.1) is 0 Å². The number of nitrogens with two attached hydrogens (primary N) is 1. The Kier molecular flexibility index (Phi) is 3.80. The summed E-state index contributed by atoms with van der Waals surface area (Å²) >= 11 is 0. The molecule has 0 saturated heterocycles. The second-order valence-electron chi connectivity index (χ2n) is 2.77. The molecular formula is C11H13NO2. The zero-order chi connectivity index (χ0) is 10.4. The van der Waals surface area contributed by atoms with Gasteiger partial charge in [0.2, 0.25) is 0 Å². The molecule has 1 rings (SSSR count). The van der Waals surface area contributed by atoms with Crippen molar-refractivity contribution in [3.63, 3.8) is 0 Å². The molecule has 0 aliphatic carbocycles. The maximum absolute atomic E-state index is 9.02. The summed E-state index contributed by atoms with van der Waals surface area (Å²) in [6, 6.07) is 6.50. The number of benzene rings is 1. The minimum absolute atomic E-state index is 0.218. The van der Waals surface area contributed by atoms with E-state index in [1.54, 1.807) is 24.3 Å². The van der Waals surface area contributed by atoms with E-state index in [4.69, 9.17) is 15.6 Å². The molecule has 3 heteroatoms. The molecule has 0 aliphatic heterocycles. The lowest BCUT2D eigenvalue weighted by Gasteiger charge is -2.06. The fraction of sp³-hybridized carbons (Fsp3) is 0.182. The highest BCUT2D eigenvalue weighted by atomic mass is 16.5. The summed E-state index contributed by atoms with van der Waals surface area (Å²) in [6.07, 6.45) is 0. The number of aromatic hydroxyl groups is 1. The molecule has 0 saturated carbocycles. The fourth-order valence-electron chi connectivity index (χ4n) is 0.895. The monoisotopic (exact) mass is 191 g/mol. The quantitative estimate of drug-likeness (QED) is 0.708. The van der Waals surface area contributed by atoms with Crippen LogP contribution in [0.25, 0.3) is 0 Å². The maximum atomic E-state index is 9.02. The first-order valence-electron chi connectivity index (χ1n) is 4.26. The van der Waals surface area contributed by atoms with Gasteiger partial charge in [0.1, 0.15) is 18.1 Å². The molecule has 0 amide bonds. The first kappa shape index (κ1) is 10.4. The predicted molar refractivity (Wildman–Crippen MR) is 55.3 cm³/mol. The Morgan fingerprint density at radius 1 is 1.43 bits per heavy atom. The van der Waals surface area contributed by atoms with Crippen LogP contribution in [0.15, 0.2) is 42.1 Å². The summed E-state index contributed by atoms with van der Waals surface area (Å²) in [4.78, 5) is 0. The van der Waals surface area contributed by atoms with E-state index < -0.39 is 0 Å². The Hall–Kier alpha value is -1.70. The molecule has 0 heterocycles. The molecule has 0 bridgehead atoms. The normalized spacial score (nSPS) is 9.21. The van der Waals surface area contributed by atoms with Crippen LogP contribution in [0.5, 0.6) is 11.5 Å². The van der Waals surface area contributed by atoms with Crippen LogP contribution in [-0.2, 0) is 0 Å². The van der Waals surface area contributed by atoms with Gasteiger partial charge in [-0.1, -0.05) is 6.58 Å². The van der Waals surface area contributed by atoms with Crippen molar-refractivity contribution in [1.29, 1.82) is 0 Å². The summed E-state index contributed by atoms with van der Waals surface area (Å²) in [5, 5.41) is 9.02. The first-order chi connectivity index (χ1) is 6.76. The van der Waals surface area contributed by atoms with Gasteiger partial charge in [-0.2, -0.15) is 0 Å². The summed E-state index contributed by atoms with van der Waals surface area (Å²) in [5.41, 5.74) is 8.93. The van der Waals surface area contributed by atoms with E-state index in [1.807, 2.05) is 0 Å². The lowest BCUT2D eigenvalue weighted by atomic mass is 10.3. The lowest BCUT2D eigenvalue weighted by Crippen LogP contribution is -2.10. The fourth-order valence-corrected chi connectivity index (χ4v) is 0.895. The van der Waals surface area contributed by atoms with Crippen molar-refractivity contribution in [2.75, 3.05) is 13.2 Å². The number of hydrogen-bond donors (Lipinski definition) is 2. The van der Waals surface area contributed by atoms with Gasteiger partial charge in [0.25, 0.3) is 0 Å². The zero-order valence-electron chi connectivity index (χ0n) is 7.86. The largest absolute Gasteiger partial charge is 0.508 e. The highest BCUT2D eigenvalue weighted by Gasteiger charge is 1.96. The van der Waals surface area contributed by atoms with Crippen LogP contribution in [0.4, 0.5) is 0 Å².